The van der Waals surface area contributed by atoms with E-state index in [0.717, 1.165) is 64.1 Å². The number of piperidine rings is 2. The van der Waals surface area contributed by atoms with Crippen molar-refractivity contribution in [3.8, 4) is 0 Å². The van der Waals surface area contributed by atoms with Gasteiger partial charge in [0.05, 0.1) is 29.9 Å². The Balaban J connectivity index is 0.000000175. The van der Waals surface area contributed by atoms with Crippen LogP contribution in [0.25, 0.3) is 0 Å². The van der Waals surface area contributed by atoms with Gasteiger partial charge in [0.15, 0.2) is 0 Å². The van der Waals surface area contributed by atoms with E-state index in [1.165, 1.54) is 49.7 Å². The molecule has 0 spiro atoms. The number of nitrogens with one attached hydrogen (secondary N) is 1. The molecule has 0 amide bonds. The highest BCUT2D eigenvalue weighted by Crippen LogP contribution is 2.53. The van der Waals surface area contributed by atoms with Crippen LogP contribution in [0.1, 0.15) is 115 Å². The standard InChI is InChI=1S/C18H30N4.C16H24F3N3/c1-3-5-16-12-20-22(13-16)17-6-10-21(11-7-17)14-18(15(2)19)8-4-9-18;1-2-13-10-20-22(11-13)14-4-8-21(9-5-14)12-15(6-3-7-15)16(17,18)19/h12-13,17,19H,3-11,14H2,1-2H3;10-11,14H,2-9,12H2,1H3. The average Bonchev–Trinajstić information content (AvgIpc) is 3.63. The Morgan fingerprint density at radius 1 is 0.818 bits per heavy atom. The second-order valence-electron chi connectivity index (χ2n) is 14.2. The van der Waals surface area contributed by atoms with E-state index in [2.05, 4.69) is 46.0 Å². The molecule has 4 heterocycles. The van der Waals surface area contributed by atoms with Crippen LogP contribution in [0.4, 0.5) is 13.2 Å². The predicted molar refractivity (Wildman–Crippen MR) is 169 cm³/mol. The number of aromatic nitrogens is 4. The molecule has 4 fully saturated rings. The van der Waals surface area contributed by atoms with Crippen LogP contribution in [-0.2, 0) is 12.8 Å². The number of alkyl halides is 3. The minimum atomic E-state index is -4.06. The van der Waals surface area contributed by atoms with Gasteiger partial charge in [0.25, 0.3) is 0 Å². The van der Waals surface area contributed by atoms with E-state index in [4.69, 9.17) is 5.41 Å². The molecule has 7 nitrogen and oxygen atoms in total. The number of aryl methyl sites for hydroxylation is 2. The first-order chi connectivity index (χ1) is 21.1. The van der Waals surface area contributed by atoms with E-state index in [-0.39, 0.29) is 12.0 Å². The molecule has 1 N–H and O–H groups in total. The quantitative estimate of drug-likeness (QED) is 0.281. The summed E-state index contributed by atoms with van der Waals surface area (Å²) in [5.41, 5.74) is 2.27. The molecule has 6 rings (SSSR count). The molecule has 2 aliphatic carbocycles. The van der Waals surface area contributed by atoms with Crippen molar-refractivity contribution in [3.05, 3.63) is 35.9 Å². The molecular formula is C34H54F3N7. The summed E-state index contributed by atoms with van der Waals surface area (Å²) >= 11 is 0. The molecule has 0 radical (unpaired) electrons. The summed E-state index contributed by atoms with van der Waals surface area (Å²) in [5.74, 6) is 0. The molecule has 10 heteroatoms. The van der Waals surface area contributed by atoms with Crippen LogP contribution in [0.15, 0.2) is 24.8 Å². The number of nitrogens with zero attached hydrogens (tertiary/aromatic N) is 6. The highest BCUT2D eigenvalue weighted by molar-refractivity contribution is 5.86. The Labute approximate surface area is 262 Å². The maximum atomic E-state index is 13.3. The maximum absolute atomic E-state index is 13.3. The fourth-order valence-corrected chi connectivity index (χ4v) is 7.68. The van der Waals surface area contributed by atoms with Crippen molar-refractivity contribution >= 4 is 5.71 Å². The molecule has 4 aliphatic rings. The Bertz CT molecular complexity index is 1190. The Morgan fingerprint density at radius 2 is 1.32 bits per heavy atom. The fraction of sp³-hybridized carbons (Fsp3) is 0.794. The first-order valence-corrected chi connectivity index (χ1v) is 17.2. The first-order valence-electron chi connectivity index (χ1n) is 17.2. The highest BCUT2D eigenvalue weighted by Gasteiger charge is 2.58. The lowest BCUT2D eigenvalue weighted by molar-refractivity contribution is -0.256. The molecule has 0 aromatic carbocycles. The van der Waals surface area contributed by atoms with Crippen molar-refractivity contribution in [1.29, 1.82) is 5.41 Å². The van der Waals surface area contributed by atoms with Crippen molar-refractivity contribution < 1.29 is 13.2 Å². The number of halogens is 3. The van der Waals surface area contributed by atoms with Crippen LogP contribution in [0.3, 0.4) is 0 Å². The van der Waals surface area contributed by atoms with Gasteiger partial charge >= 0.3 is 6.18 Å². The zero-order chi connectivity index (χ0) is 31.4. The summed E-state index contributed by atoms with van der Waals surface area (Å²) in [6.07, 6.45) is 16.7. The molecule has 2 aliphatic heterocycles. The van der Waals surface area contributed by atoms with Crippen LogP contribution in [0, 0.1) is 16.2 Å². The first kappa shape index (κ1) is 33.2. The molecule has 246 valence electrons. The van der Waals surface area contributed by atoms with Gasteiger partial charge in [0, 0.05) is 62.8 Å². The van der Waals surface area contributed by atoms with Gasteiger partial charge in [0.2, 0.25) is 0 Å². The SMILES string of the molecule is CCCc1cnn(C2CCN(CC3(C(C)=N)CCC3)CC2)c1.CCc1cnn(C2CCN(CC3(C(F)(F)F)CCC3)CC2)c1. The van der Waals surface area contributed by atoms with Crippen molar-refractivity contribution in [3.63, 3.8) is 0 Å². The molecule has 2 aromatic heterocycles. The fourth-order valence-electron chi connectivity index (χ4n) is 7.68. The van der Waals surface area contributed by atoms with Crippen LogP contribution < -0.4 is 0 Å². The average molecular weight is 618 g/mol. The van der Waals surface area contributed by atoms with Gasteiger partial charge < -0.3 is 15.2 Å². The summed E-state index contributed by atoms with van der Waals surface area (Å²) in [6.45, 7) is 11.4. The van der Waals surface area contributed by atoms with Crippen LogP contribution >= 0.6 is 0 Å². The number of likely N-dealkylation sites (tertiary alicyclic amines) is 2. The Hall–Kier alpha value is -2.20. The van der Waals surface area contributed by atoms with Gasteiger partial charge in [-0.2, -0.15) is 23.4 Å². The molecule has 2 aromatic rings. The monoisotopic (exact) mass is 617 g/mol. The minimum Gasteiger partial charge on any atom is -0.309 e. The smallest absolute Gasteiger partial charge is 0.309 e. The zero-order valence-corrected chi connectivity index (χ0v) is 27.2. The van der Waals surface area contributed by atoms with E-state index < -0.39 is 11.6 Å². The van der Waals surface area contributed by atoms with Crippen molar-refractivity contribution in [2.24, 2.45) is 10.8 Å². The Morgan fingerprint density at radius 3 is 1.70 bits per heavy atom. The van der Waals surface area contributed by atoms with Gasteiger partial charge in [-0.05, 0) is 82.3 Å². The third-order valence-corrected chi connectivity index (χ3v) is 11.2. The number of hydrogen-bond acceptors (Lipinski definition) is 5. The van der Waals surface area contributed by atoms with E-state index in [1.54, 1.807) is 0 Å². The summed E-state index contributed by atoms with van der Waals surface area (Å²) in [5, 5.41) is 17.1. The minimum absolute atomic E-state index is 0.183. The summed E-state index contributed by atoms with van der Waals surface area (Å²) < 4.78 is 44.0. The second kappa shape index (κ2) is 14.1. The van der Waals surface area contributed by atoms with Crippen LogP contribution in [-0.4, -0.2) is 80.5 Å². The molecule has 0 atom stereocenters. The van der Waals surface area contributed by atoms with Gasteiger partial charge in [-0.1, -0.05) is 33.1 Å². The van der Waals surface area contributed by atoms with Crippen molar-refractivity contribution in [2.45, 2.75) is 123 Å². The lowest BCUT2D eigenvalue weighted by atomic mass is 9.65. The lowest BCUT2D eigenvalue weighted by Gasteiger charge is -2.47. The summed E-state index contributed by atoms with van der Waals surface area (Å²) in [4.78, 5) is 4.59. The normalized spacial score (nSPS) is 23.0. The maximum Gasteiger partial charge on any atom is 0.395 e. The number of rotatable bonds is 10. The summed E-state index contributed by atoms with van der Waals surface area (Å²) in [6, 6.07) is 0.903. The van der Waals surface area contributed by atoms with E-state index in [0.29, 0.717) is 31.3 Å². The molecule has 2 saturated carbocycles. The third-order valence-electron chi connectivity index (χ3n) is 11.2. The molecule has 2 saturated heterocycles. The zero-order valence-electron chi connectivity index (χ0n) is 27.2. The molecular weight excluding hydrogens is 563 g/mol. The lowest BCUT2D eigenvalue weighted by Crippen LogP contribution is -2.53. The molecule has 0 bridgehead atoms. The molecule has 44 heavy (non-hydrogen) atoms. The van der Waals surface area contributed by atoms with Crippen molar-refractivity contribution in [2.75, 3.05) is 39.3 Å². The van der Waals surface area contributed by atoms with Gasteiger partial charge in [-0.15, -0.1) is 0 Å². The number of hydrogen-bond donors (Lipinski definition) is 1. The predicted octanol–water partition coefficient (Wildman–Crippen LogP) is 7.50. The summed E-state index contributed by atoms with van der Waals surface area (Å²) in [7, 11) is 0. The Kier molecular flexibility index (Phi) is 10.6. The highest BCUT2D eigenvalue weighted by atomic mass is 19.4. The molecule has 0 unspecified atom stereocenters. The van der Waals surface area contributed by atoms with E-state index >= 15 is 0 Å². The van der Waals surface area contributed by atoms with Crippen LogP contribution in [0.2, 0.25) is 0 Å². The van der Waals surface area contributed by atoms with Crippen LogP contribution in [0.5, 0.6) is 0 Å². The largest absolute Gasteiger partial charge is 0.395 e. The third kappa shape index (κ3) is 7.43. The van der Waals surface area contributed by atoms with E-state index in [9.17, 15) is 13.2 Å². The van der Waals surface area contributed by atoms with Crippen molar-refractivity contribution in [1.82, 2.24) is 29.4 Å². The van der Waals surface area contributed by atoms with Gasteiger partial charge in [0.1, 0.15) is 0 Å². The second-order valence-corrected chi connectivity index (χ2v) is 14.2. The van der Waals surface area contributed by atoms with E-state index in [1.807, 2.05) is 28.9 Å². The van der Waals surface area contributed by atoms with Gasteiger partial charge in [-0.25, -0.2) is 0 Å². The topological polar surface area (TPSA) is 66.0 Å². The van der Waals surface area contributed by atoms with Gasteiger partial charge in [-0.3, -0.25) is 9.36 Å².